The Morgan fingerprint density at radius 2 is 1.59 bits per heavy atom. The first-order valence-electron chi connectivity index (χ1n) is 7.76. The summed E-state index contributed by atoms with van der Waals surface area (Å²) in [6.45, 7) is 0. The number of hydrogen-bond acceptors (Lipinski definition) is 4. The molecule has 22 heavy (non-hydrogen) atoms. The molecule has 0 radical (unpaired) electrons. The number of carbonyl (C=O) groups is 1. The minimum atomic E-state index is -3.49. The Labute approximate surface area is 131 Å². The average molecular weight is 323 g/mol. The van der Waals surface area contributed by atoms with Crippen LogP contribution in [0, 0.1) is 0 Å². The normalized spacial score (nSPS) is 19.5. The molecule has 0 unspecified atom stereocenters. The fraction of sp³-hybridized carbons (Fsp3) is 0.562. The van der Waals surface area contributed by atoms with Crippen LogP contribution in [0.4, 0.5) is 0 Å². The van der Waals surface area contributed by atoms with Crippen LogP contribution in [-0.4, -0.2) is 37.9 Å². The van der Waals surface area contributed by atoms with Crippen molar-refractivity contribution in [2.75, 3.05) is 7.11 Å². The number of methoxy groups -OCH3 is 1. The number of carbonyl (C=O) groups excluding carboxylic acids is 1. The van der Waals surface area contributed by atoms with E-state index in [2.05, 4.69) is 4.74 Å². The van der Waals surface area contributed by atoms with Gasteiger partial charge in [0.1, 0.15) is 0 Å². The molecular weight excluding hydrogens is 302 g/mol. The molecule has 120 valence electrons. The molecule has 0 aromatic heterocycles. The largest absolute Gasteiger partial charge is 0.465 e. The van der Waals surface area contributed by atoms with E-state index in [1.54, 1.807) is 4.31 Å². The highest BCUT2D eigenvalue weighted by atomic mass is 32.2. The zero-order valence-corrected chi connectivity index (χ0v) is 13.5. The number of ether oxygens (including phenoxy) is 1. The van der Waals surface area contributed by atoms with E-state index in [0.717, 1.165) is 38.5 Å². The summed E-state index contributed by atoms with van der Waals surface area (Å²) in [5, 5.41) is 0. The molecule has 1 aromatic carbocycles. The number of esters is 1. The second-order valence-electron chi connectivity index (χ2n) is 6.02. The summed E-state index contributed by atoms with van der Waals surface area (Å²) in [5.74, 6) is -0.459. The molecule has 2 fully saturated rings. The van der Waals surface area contributed by atoms with Crippen molar-refractivity contribution in [2.24, 2.45) is 0 Å². The van der Waals surface area contributed by atoms with E-state index in [4.69, 9.17) is 0 Å². The first kappa shape index (κ1) is 15.5. The zero-order valence-electron chi connectivity index (χ0n) is 12.7. The van der Waals surface area contributed by atoms with E-state index < -0.39 is 16.0 Å². The van der Waals surface area contributed by atoms with E-state index >= 15 is 0 Å². The topological polar surface area (TPSA) is 63.7 Å². The lowest BCUT2D eigenvalue weighted by atomic mass is 10.2. The highest BCUT2D eigenvalue weighted by Crippen LogP contribution is 2.38. The molecule has 2 saturated carbocycles. The van der Waals surface area contributed by atoms with Gasteiger partial charge in [0.2, 0.25) is 10.0 Å². The van der Waals surface area contributed by atoms with Gasteiger partial charge in [0, 0.05) is 12.1 Å². The Morgan fingerprint density at radius 1 is 1.05 bits per heavy atom. The summed E-state index contributed by atoms with van der Waals surface area (Å²) in [6, 6.07) is 6.33. The quantitative estimate of drug-likeness (QED) is 0.781. The Morgan fingerprint density at radius 3 is 2.09 bits per heavy atom. The lowest BCUT2D eigenvalue weighted by Crippen LogP contribution is -2.40. The van der Waals surface area contributed by atoms with Crippen molar-refractivity contribution in [1.82, 2.24) is 4.31 Å². The van der Waals surface area contributed by atoms with Crippen LogP contribution in [-0.2, 0) is 14.8 Å². The van der Waals surface area contributed by atoms with Crippen molar-refractivity contribution in [3.05, 3.63) is 29.8 Å². The molecule has 0 aliphatic heterocycles. The van der Waals surface area contributed by atoms with Crippen LogP contribution in [0.1, 0.15) is 48.9 Å². The maximum Gasteiger partial charge on any atom is 0.337 e. The molecule has 0 bridgehead atoms. The van der Waals surface area contributed by atoms with Crippen LogP contribution < -0.4 is 0 Å². The summed E-state index contributed by atoms with van der Waals surface area (Å²) in [7, 11) is -2.18. The minimum absolute atomic E-state index is 0.137. The summed E-state index contributed by atoms with van der Waals surface area (Å²) in [5.41, 5.74) is 0.361. The molecule has 0 amide bonds. The number of sulfonamides is 1. The predicted molar refractivity (Wildman–Crippen MR) is 82.1 cm³/mol. The fourth-order valence-corrected chi connectivity index (χ4v) is 5.11. The Hall–Kier alpha value is -1.40. The number of benzene rings is 1. The molecule has 1 aromatic rings. The Balaban J connectivity index is 1.88. The smallest absolute Gasteiger partial charge is 0.337 e. The fourth-order valence-electron chi connectivity index (χ4n) is 3.18. The second-order valence-corrected chi connectivity index (χ2v) is 7.86. The predicted octanol–water partition coefficient (Wildman–Crippen LogP) is 2.57. The monoisotopic (exact) mass is 323 g/mol. The van der Waals surface area contributed by atoms with E-state index in [1.807, 2.05) is 0 Å². The SMILES string of the molecule is COC(=O)c1ccc(S(=O)(=O)N(C2CCCC2)C2CC2)cc1. The van der Waals surface area contributed by atoms with Gasteiger partial charge in [-0.25, -0.2) is 13.2 Å². The number of rotatable bonds is 5. The third-order valence-corrected chi connectivity index (χ3v) is 6.46. The van der Waals surface area contributed by atoms with Crippen molar-refractivity contribution < 1.29 is 17.9 Å². The molecule has 0 atom stereocenters. The van der Waals surface area contributed by atoms with Gasteiger partial charge < -0.3 is 4.74 Å². The lowest BCUT2D eigenvalue weighted by molar-refractivity contribution is 0.0600. The van der Waals surface area contributed by atoms with Crippen molar-refractivity contribution >= 4 is 16.0 Å². The van der Waals surface area contributed by atoms with Gasteiger partial charge in [0.05, 0.1) is 17.6 Å². The van der Waals surface area contributed by atoms with Gasteiger partial charge in [-0.05, 0) is 49.9 Å². The first-order chi connectivity index (χ1) is 10.5. The highest BCUT2D eigenvalue weighted by Gasteiger charge is 2.43. The summed E-state index contributed by atoms with van der Waals surface area (Å²) in [6.07, 6.45) is 6.02. The standard InChI is InChI=1S/C16H21NO4S/c1-21-16(18)12-6-10-15(11-7-12)22(19,20)17(14-8-9-14)13-4-2-3-5-13/h6-7,10-11,13-14H,2-5,8-9H2,1H3. The van der Waals surface area contributed by atoms with E-state index in [0.29, 0.717) is 5.56 Å². The maximum absolute atomic E-state index is 13.0. The van der Waals surface area contributed by atoms with Crippen molar-refractivity contribution in [2.45, 2.75) is 55.5 Å². The van der Waals surface area contributed by atoms with Crippen molar-refractivity contribution in [1.29, 1.82) is 0 Å². The third-order valence-electron chi connectivity index (χ3n) is 4.44. The summed E-state index contributed by atoms with van der Waals surface area (Å²) < 4.78 is 32.3. The molecule has 6 heteroatoms. The van der Waals surface area contributed by atoms with Gasteiger partial charge in [-0.15, -0.1) is 0 Å². The van der Waals surface area contributed by atoms with E-state index in [-0.39, 0.29) is 17.0 Å². The Kier molecular flexibility index (Phi) is 4.23. The molecule has 2 aliphatic carbocycles. The van der Waals surface area contributed by atoms with Crippen LogP contribution in [0.15, 0.2) is 29.2 Å². The van der Waals surface area contributed by atoms with Crippen LogP contribution in [0.25, 0.3) is 0 Å². The van der Waals surface area contributed by atoms with Gasteiger partial charge in [-0.1, -0.05) is 12.8 Å². The zero-order chi connectivity index (χ0) is 15.7. The maximum atomic E-state index is 13.0. The van der Waals surface area contributed by atoms with Crippen LogP contribution in [0.3, 0.4) is 0 Å². The minimum Gasteiger partial charge on any atom is -0.465 e. The van der Waals surface area contributed by atoms with Crippen LogP contribution >= 0.6 is 0 Å². The second kappa shape index (κ2) is 6.01. The van der Waals surface area contributed by atoms with Crippen molar-refractivity contribution in [3.8, 4) is 0 Å². The Bertz CT molecular complexity index is 643. The third kappa shape index (κ3) is 2.90. The lowest BCUT2D eigenvalue weighted by Gasteiger charge is -2.28. The van der Waals surface area contributed by atoms with E-state index in [1.165, 1.54) is 31.4 Å². The first-order valence-corrected chi connectivity index (χ1v) is 9.20. The van der Waals surface area contributed by atoms with Gasteiger partial charge in [-0.3, -0.25) is 0 Å². The van der Waals surface area contributed by atoms with Crippen molar-refractivity contribution in [3.63, 3.8) is 0 Å². The van der Waals surface area contributed by atoms with Gasteiger partial charge in [-0.2, -0.15) is 4.31 Å². The number of hydrogen-bond donors (Lipinski definition) is 0. The number of nitrogens with zero attached hydrogens (tertiary/aromatic N) is 1. The molecule has 0 N–H and O–H groups in total. The van der Waals surface area contributed by atoms with Gasteiger partial charge >= 0.3 is 5.97 Å². The molecule has 0 spiro atoms. The molecular formula is C16H21NO4S. The van der Waals surface area contributed by atoms with Gasteiger partial charge in [0.15, 0.2) is 0 Å². The molecule has 0 heterocycles. The molecule has 5 nitrogen and oxygen atoms in total. The van der Waals surface area contributed by atoms with Gasteiger partial charge in [0.25, 0.3) is 0 Å². The summed E-state index contributed by atoms with van der Waals surface area (Å²) in [4.78, 5) is 11.7. The molecule has 2 aliphatic rings. The molecule has 3 rings (SSSR count). The van der Waals surface area contributed by atoms with Crippen LogP contribution in [0.5, 0.6) is 0 Å². The highest BCUT2D eigenvalue weighted by molar-refractivity contribution is 7.89. The van der Waals surface area contributed by atoms with Crippen LogP contribution in [0.2, 0.25) is 0 Å². The van der Waals surface area contributed by atoms with E-state index in [9.17, 15) is 13.2 Å². The molecule has 0 saturated heterocycles. The summed E-state index contributed by atoms with van der Waals surface area (Å²) >= 11 is 0. The average Bonchev–Trinajstić information content (AvgIpc) is 3.20.